The predicted octanol–water partition coefficient (Wildman–Crippen LogP) is 1.86. The van der Waals surface area contributed by atoms with Crippen molar-refractivity contribution in [2.45, 2.75) is 6.92 Å². The van der Waals surface area contributed by atoms with Gasteiger partial charge in [-0.15, -0.1) is 0 Å². The van der Waals surface area contributed by atoms with Crippen molar-refractivity contribution in [3.8, 4) is 11.5 Å². The van der Waals surface area contributed by atoms with E-state index in [9.17, 15) is 9.90 Å². The summed E-state index contributed by atoms with van der Waals surface area (Å²) in [6, 6.07) is 3.84. The Balaban J connectivity index is 3.13. The van der Waals surface area contributed by atoms with Crippen LogP contribution in [-0.2, 0) is 0 Å². The summed E-state index contributed by atoms with van der Waals surface area (Å²) in [5.41, 5.74) is 0.109. The fourth-order valence-electron chi connectivity index (χ4n) is 0.963. The SMILES string of the molecule is C/C=C/C(=O)c1cc(O)ccc1O. The fourth-order valence-corrected chi connectivity index (χ4v) is 0.963. The number of hydrogen-bond acceptors (Lipinski definition) is 3. The third-order valence-corrected chi connectivity index (χ3v) is 1.56. The fraction of sp³-hybridized carbons (Fsp3) is 0.100. The van der Waals surface area contributed by atoms with E-state index in [-0.39, 0.29) is 22.8 Å². The second-order valence-corrected chi connectivity index (χ2v) is 2.57. The molecule has 0 aliphatic carbocycles. The van der Waals surface area contributed by atoms with Crippen LogP contribution in [0.25, 0.3) is 0 Å². The molecule has 1 aromatic rings. The average Bonchev–Trinajstić information content (AvgIpc) is 2.09. The van der Waals surface area contributed by atoms with E-state index in [1.807, 2.05) is 0 Å². The molecule has 0 amide bonds. The summed E-state index contributed by atoms with van der Waals surface area (Å²) in [6.45, 7) is 1.71. The molecule has 0 spiro atoms. The predicted molar refractivity (Wildman–Crippen MR) is 48.9 cm³/mol. The van der Waals surface area contributed by atoms with E-state index in [1.54, 1.807) is 13.0 Å². The largest absolute Gasteiger partial charge is 0.508 e. The molecule has 0 aliphatic rings. The normalized spacial score (nSPS) is 10.5. The van der Waals surface area contributed by atoms with Crippen LogP contribution >= 0.6 is 0 Å². The highest BCUT2D eigenvalue weighted by Gasteiger charge is 2.08. The Bertz CT molecular complexity index is 353. The van der Waals surface area contributed by atoms with E-state index >= 15 is 0 Å². The van der Waals surface area contributed by atoms with Crippen molar-refractivity contribution < 1.29 is 15.0 Å². The van der Waals surface area contributed by atoms with Gasteiger partial charge in [-0.25, -0.2) is 0 Å². The molecule has 0 saturated heterocycles. The molecular formula is C10H10O3. The lowest BCUT2D eigenvalue weighted by Crippen LogP contribution is -1.94. The highest BCUT2D eigenvalue weighted by atomic mass is 16.3. The molecule has 3 nitrogen and oxygen atoms in total. The lowest BCUT2D eigenvalue weighted by molar-refractivity contribution is 0.104. The Hall–Kier alpha value is -1.77. The molecule has 0 saturated carbocycles. The van der Waals surface area contributed by atoms with Crippen molar-refractivity contribution in [3.05, 3.63) is 35.9 Å². The Morgan fingerprint density at radius 2 is 2.08 bits per heavy atom. The van der Waals surface area contributed by atoms with Gasteiger partial charge in [0.2, 0.25) is 0 Å². The average molecular weight is 178 g/mol. The lowest BCUT2D eigenvalue weighted by atomic mass is 10.1. The van der Waals surface area contributed by atoms with E-state index in [4.69, 9.17) is 5.11 Å². The molecule has 68 valence electrons. The first kappa shape index (κ1) is 9.32. The van der Waals surface area contributed by atoms with E-state index in [2.05, 4.69) is 0 Å². The summed E-state index contributed by atoms with van der Waals surface area (Å²) in [5.74, 6) is -0.484. The molecule has 0 unspecified atom stereocenters. The number of allylic oxidation sites excluding steroid dienone is 2. The second kappa shape index (κ2) is 3.76. The molecule has 0 fully saturated rings. The summed E-state index contributed by atoms with van der Waals surface area (Å²) in [4.78, 5) is 11.3. The van der Waals surface area contributed by atoms with Crippen LogP contribution in [0.2, 0.25) is 0 Å². The topological polar surface area (TPSA) is 57.5 Å². The van der Waals surface area contributed by atoms with E-state index in [0.29, 0.717) is 0 Å². The highest BCUT2D eigenvalue weighted by molar-refractivity contribution is 6.06. The lowest BCUT2D eigenvalue weighted by Gasteiger charge is -2.00. The van der Waals surface area contributed by atoms with Crippen LogP contribution in [0.5, 0.6) is 11.5 Å². The van der Waals surface area contributed by atoms with Gasteiger partial charge in [-0.2, -0.15) is 0 Å². The maximum atomic E-state index is 11.3. The van der Waals surface area contributed by atoms with Crippen LogP contribution in [0.4, 0.5) is 0 Å². The van der Waals surface area contributed by atoms with Gasteiger partial charge in [-0.1, -0.05) is 6.08 Å². The molecule has 0 heterocycles. The maximum Gasteiger partial charge on any atom is 0.189 e. The van der Waals surface area contributed by atoms with Crippen molar-refractivity contribution in [1.29, 1.82) is 0 Å². The Morgan fingerprint density at radius 1 is 1.38 bits per heavy atom. The summed E-state index contributed by atoms with van der Waals surface area (Å²) in [7, 11) is 0. The zero-order valence-corrected chi connectivity index (χ0v) is 7.19. The van der Waals surface area contributed by atoms with Crippen molar-refractivity contribution >= 4 is 5.78 Å². The minimum atomic E-state index is -0.323. The minimum Gasteiger partial charge on any atom is -0.508 e. The molecule has 3 heteroatoms. The zero-order chi connectivity index (χ0) is 9.84. The Labute approximate surface area is 76.0 Å². The molecule has 13 heavy (non-hydrogen) atoms. The van der Waals surface area contributed by atoms with Gasteiger partial charge in [0, 0.05) is 0 Å². The molecule has 1 aromatic carbocycles. The van der Waals surface area contributed by atoms with Crippen LogP contribution in [0.1, 0.15) is 17.3 Å². The van der Waals surface area contributed by atoms with Crippen LogP contribution in [-0.4, -0.2) is 16.0 Å². The summed E-state index contributed by atoms with van der Waals surface area (Å²) in [5, 5.41) is 18.3. The first-order valence-electron chi connectivity index (χ1n) is 3.84. The number of hydrogen-bond donors (Lipinski definition) is 2. The smallest absolute Gasteiger partial charge is 0.189 e. The van der Waals surface area contributed by atoms with Gasteiger partial charge in [0.25, 0.3) is 0 Å². The number of rotatable bonds is 2. The third kappa shape index (κ3) is 2.08. The van der Waals surface area contributed by atoms with E-state index in [1.165, 1.54) is 24.3 Å². The molecule has 0 aliphatic heterocycles. The Kier molecular flexibility index (Phi) is 2.69. The van der Waals surface area contributed by atoms with Crippen molar-refractivity contribution in [3.63, 3.8) is 0 Å². The summed E-state index contributed by atoms with van der Waals surface area (Å²) in [6.07, 6.45) is 2.90. The zero-order valence-electron chi connectivity index (χ0n) is 7.19. The molecule has 0 radical (unpaired) electrons. The third-order valence-electron chi connectivity index (χ3n) is 1.56. The van der Waals surface area contributed by atoms with Gasteiger partial charge in [0.1, 0.15) is 11.5 Å². The van der Waals surface area contributed by atoms with Crippen LogP contribution in [0.3, 0.4) is 0 Å². The molecular weight excluding hydrogens is 168 g/mol. The van der Waals surface area contributed by atoms with Gasteiger partial charge >= 0.3 is 0 Å². The van der Waals surface area contributed by atoms with Crippen LogP contribution < -0.4 is 0 Å². The van der Waals surface area contributed by atoms with Gasteiger partial charge in [-0.3, -0.25) is 4.79 Å². The minimum absolute atomic E-state index is 0.0364. The van der Waals surface area contributed by atoms with Gasteiger partial charge < -0.3 is 10.2 Å². The van der Waals surface area contributed by atoms with Gasteiger partial charge in [0.05, 0.1) is 5.56 Å². The number of aromatic hydroxyl groups is 2. The summed E-state index contributed by atoms with van der Waals surface area (Å²) < 4.78 is 0. The first-order valence-corrected chi connectivity index (χ1v) is 3.84. The molecule has 1 rings (SSSR count). The number of phenols is 2. The van der Waals surface area contributed by atoms with Crippen molar-refractivity contribution in [1.82, 2.24) is 0 Å². The Morgan fingerprint density at radius 3 is 2.69 bits per heavy atom. The van der Waals surface area contributed by atoms with Crippen LogP contribution in [0, 0.1) is 0 Å². The molecule has 2 N–H and O–H groups in total. The number of phenolic OH excluding ortho intramolecular Hbond substituents is 2. The standard InChI is InChI=1S/C10H10O3/c1-2-3-9(12)8-6-7(11)4-5-10(8)13/h2-6,11,13H,1H3/b3-2+. The quantitative estimate of drug-likeness (QED) is 0.413. The molecule has 0 aromatic heterocycles. The monoisotopic (exact) mass is 178 g/mol. The first-order chi connectivity index (χ1) is 6.15. The number of carbonyl (C=O) groups excluding carboxylic acids is 1. The highest BCUT2D eigenvalue weighted by Crippen LogP contribution is 2.22. The number of carbonyl (C=O) groups is 1. The second-order valence-electron chi connectivity index (χ2n) is 2.57. The van der Waals surface area contributed by atoms with Crippen molar-refractivity contribution in [2.24, 2.45) is 0 Å². The number of ketones is 1. The van der Waals surface area contributed by atoms with Gasteiger partial charge in [0.15, 0.2) is 5.78 Å². The number of benzene rings is 1. The van der Waals surface area contributed by atoms with E-state index in [0.717, 1.165) is 0 Å². The van der Waals surface area contributed by atoms with E-state index < -0.39 is 0 Å². The van der Waals surface area contributed by atoms with Crippen LogP contribution in [0.15, 0.2) is 30.4 Å². The molecule has 0 bridgehead atoms. The maximum absolute atomic E-state index is 11.3. The molecule has 0 atom stereocenters. The summed E-state index contributed by atoms with van der Waals surface area (Å²) >= 11 is 0. The van der Waals surface area contributed by atoms with Gasteiger partial charge in [-0.05, 0) is 31.2 Å². The van der Waals surface area contributed by atoms with Crippen molar-refractivity contribution in [2.75, 3.05) is 0 Å².